The average Bonchev–Trinajstić information content (AvgIpc) is 2.66. The van der Waals surface area contributed by atoms with Gasteiger partial charge >= 0.3 is 0 Å². The fourth-order valence-corrected chi connectivity index (χ4v) is 3.53. The van der Waals surface area contributed by atoms with Gasteiger partial charge in [-0.05, 0) is 37.1 Å². The molecule has 2 aromatic rings. The molecule has 0 aliphatic carbocycles. The van der Waals surface area contributed by atoms with Crippen LogP contribution in [0.4, 0.5) is 11.4 Å². The third-order valence-electron chi connectivity index (χ3n) is 4.73. The second kappa shape index (κ2) is 8.83. The Hall–Kier alpha value is -2.95. The Morgan fingerprint density at radius 1 is 1.18 bits per heavy atom. The molecule has 3 rings (SSSR count). The van der Waals surface area contributed by atoms with Gasteiger partial charge in [0, 0.05) is 32.2 Å². The summed E-state index contributed by atoms with van der Waals surface area (Å²) in [5, 5.41) is 23.2. The van der Waals surface area contributed by atoms with Gasteiger partial charge in [-0.25, -0.2) is 0 Å². The van der Waals surface area contributed by atoms with Crippen LogP contribution in [0.1, 0.15) is 30.5 Å². The molecule has 7 heteroatoms. The van der Waals surface area contributed by atoms with Gasteiger partial charge in [0.05, 0.1) is 28.8 Å². The Balaban J connectivity index is 1.61. The van der Waals surface area contributed by atoms with Gasteiger partial charge in [-0.2, -0.15) is 5.26 Å². The summed E-state index contributed by atoms with van der Waals surface area (Å²) in [4.78, 5) is 13.1. The van der Waals surface area contributed by atoms with E-state index in [0.29, 0.717) is 12.2 Å². The fraction of sp³-hybridized carbons (Fsp3) is 0.381. The van der Waals surface area contributed by atoms with E-state index >= 15 is 0 Å². The summed E-state index contributed by atoms with van der Waals surface area (Å²) in [6.07, 6.45) is 0.492. The summed E-state index contributed by atoms with van der Waals surface area (Å²) in [6.45, 7) is 7.40. The van der Waals surface area contributed by atoms with Gasteiger partial charge in [-0.15, -0.1) is 0 Å². The van der Waals surface area contributed by atoms with Crippen LogP contribution in [0.5, 0.6) is 0 Å². The number of nitrogens with zero attached hydrogens (tertiary/aromatic N) is 3. The lowest BCUT2D eigenvalue weighted by Gasteiger charge is -2.35. The summed E-state index contributed by atoms with van der Waals surface area (Å²) in [6, 6.07) is 14.6. The lowest BCUT2D eigenvalue weighted by molar-refractivity contribution is -0.384. The van der Waals surface area contributed by atoms with E-state index in [0.717, 1.165) is 25.2 Å². The van der Waals surface area contributed by atoms with Crippen molar-refractivity contribution in [1.29, 1.82) is 5.26 Å². The van der Waals surface area contributed by atoms with Crippen LogP contribution < -0.4 is 5.32 Å². The Kier molecular flexibility index (Phi) is 6.24. The first kappa shape index (κ1) is 19.8. The topological polar surface area (TPSA) is 91.4 Å². The van der Waals surface area contributed by atoms with Crippen molar-refractivity contribution in [1.82, 2.24) is 4.90 Å². The SMILES string of the molecule is C[C@@H]1CN(Cc2ccc(CNc3ccc(C#N)cc3[N+](=O)[O-])cc2)C[C@H](C)O1. The molecule has 28 heavy (non-hydrogen) atoms. The van der Waals surface area contributed by atoms with Crippen LogP contribution in [0, 0.1) is 21.4 Å². The highest BCUT2D eigenvalue weighted by molar-refractivity contribution is 5.64. The number of morpholine rings is 1. The molecule has 1 heterocycles. The van der Waals surface area contributed by atoms with E-state index in [-0.39, 0.29) is 23.5 Å². The monoisotopic (exact) mass is 380 g/mol. The summed E-state index contributed by atoms with van der Waals surface area (Å²) in [5.41, 5.74) is 2.85. The molecule has 0 radical (unpaired) electrons. The zero-order valence-electron chi connectivity index (χ0n) is 16.1. The Labute approximate surface area is 164 Å². The summed E-state index contributed by atoms with van der Waals surface area (Å²) in [5.74, 6) is 0. The van der Waals surface area contributed by atoms with Crippen molar-refractivity contribution in [2.75, 3.05) is 18.4 Å². The van der Waals surface area contributed by atoms with Gasteiger partial charge in [0.25, 0.3) is 5.69 Å². The van der Waals surface area contributed by atoms with E-state index in [9.17, 15) is 10.1 Å². The average molecular weight is 380 g/mol. The normalized spacial score (nSPS) is 19.8. The number of anilines is 1. The van der Waals surface area contributed by atoms with Crippen molar-refractivity contribution >= 4 is 11.4 Å². The molecule has 2 atom stereocenters. The molecule has 1 fully saturated rings. The molecule has 0 saturated carbocycles. The molecular weight excluding hydrogens is 356 g/mol. The molecular formula is C21H24N4O3. The van der Waals surface area contributed by atoms with Crippen molar-refractivity contribution in [3.63, 3.8) is 0 Å². The zero-order chi connectivity index (χ0) is 20.1. The first-order valence-electron chi connectivity index (χ1n) is 9.32. The van der Waals surface area contributed by atoms with Crippen LogP contribution in [0.25, 0.3) is 0 Å². The molecule has 0 amide bonds. The lowest BCUT2D eigenvalue weighted by atomic mass is 10.1. The number of ether oxygens (including phenoxy) is 1. The molecule has 0 bridgehead atoms. The fourth-order valence-electron chi connectivity index (χ4n) is 3.53. The van der Waals surface area contributed by atoms with E-state index < -0.39 is 4.92 Å². The highest BCUT2D eigenvalue weighted by Crippen LogP contribution is 2.26. The van der Waals surface area contributed by atoms with Crippen molar-refractivity contribution in [2.24, 2.45) is 0 Å². The van der Waals surface area contributed by atoms with Crippen LogP contribution >= 0.6 is 0 Å². The molecule has 1 aliphatic rings. The Morgan fingerprint density at radius 3 is 2.43 bits per heavy atom. The van der Waals surface area contributed by atoms with Crippen LogP contribution in [-0.4, -0.2) is 35.1 Å². The number of hydrogen-bond acceptors (Lipinski definition) is 6. The second-order valence-electron chi connectivity index (χ2n) is 7.22. The quantitative estimate of drug-likeness (QED) is 0.607. The molecule has 146 valence electrons. The van der Waals surface area contributed by atoms with Crippen molar-refractivity contribution < 1.29 is 9.66 Å². The smallest absolute Gasteiger partial charge is 0.293 e. The van der Waals surface area contributed by atoms with E-state index in [1.807, 2.05) is 18.2 Å². The van der Waals surface area contributed by atoms with Gasteiger partial charge < -0.3 is 10.1 Å². The Morgan fingerprint density at radius 2 is 1.82 bits per heavy atom. The number of benzene rings is 2. The van der Waals surface area contributed by atoms with E-state index in [2.05, 4.69) is 36.2 Å². The number of nitro benzene ring substituents is 1. The number of nitrogens with one attached hydrogen (secondary N) is 1. The molecule has 0 spiro atoms. The standard InChI is InChI=1S/C21H24N4O3/c1-15-12-24(13-16(2)28-15)14-18-5-3-17(4-6-18)11-23-20-8-7-19(10-22)9-21(20)25(26)27/h3-9,15-16,23H,11-14H2,1-2H3/t15-,16+. The summed E-state index contributed by atoms with van der Waals surface area (Å²) in [7, 11) is 0. The lowest BCUT2D eigenvalue weighted by Crippen LogP contribution is -2.44. The number of rotatable bonds is 6. The van der Waals surface area contributed by atoms with Crippen molar-refractivity contribution in [3.05, 3.63) is 69.3 Å². The van der Waals surface area contributed by atoms with Gasteiger partial charge in [0.2, 0.25) is 0 Å². The van der Waals surface area contributed by atoms with Crippen LogP contribution in [0.2, 0.25) is 0 Å². The van der Waals surface area contributed by atoms with E-state index in [1.54, 1.807) is 12.1 Å². The van der Waals surface area contributed by atoms with Crippen LogP contribution in [-0.2, 0) is 17.8 Å². The molecule has 0 unspecified atom stereocenters. The highest BCUT2D eigenvalue weighted by Gasteiger charge is 2.22. The zero-order valence-corrected chi connectivity index (χ0v) is 16.1. The summed E-state index contributed by atoms with van der Waals surface area (Å²) < 4.78 is 5.77. The third kappa shape index (κ3) is 5.06. The highest BCUT2D eigenvalue weighted by atomic mass is 16.6. The Bertz CT molecular complexity index is 866. The number of nitriles is 1. The largest absolute Gasteiger partial charge is 0.375 e. The molecule has 1 N–H and O–H groups in total. The maximum Gasteiger partial charge on any atom is 0.293 e. The molecule has 7 nitrogen and oxygen atoms in total. The number of nitro groups is 1. The molecule has 1 saturated heterocycles. The number of hydrogen-bond donors (Lipinski definition) is 1. The predicted octanol–water partition coefficient (Wildman–Crippen LogP) is 3.69. The minimum atomic E-state index is -0.476. The van der Waals surface area contributed by atoms with E-state index in [1.165, 1.54) is 11.6 Å². The maximum atomic E-state index is 11.2. The predicted molar refractivity (Wildman–Crippen MR) is 107 cm³/mol. The molecule has 2 aromatic carbocycles. The first-order chi connectivity index (χ1) is 13.4. The minimum absolute atomic E-state index is 0.0915. The summed E-state index contributed by atoms with van der Waals surface area (Å²) >= 11 is 0. The van der Waals surface area contributed by atoms with E-state index in [4.69, 9.17) is 10.00 Å². The maximum absolute atomic E-state index is 11.2. The van der Waals surface area contributed by atoms with Crippen molar-refractivity contribution in [3.8, 4) is 6.07 Å². The second-order valence-corrected chi connectivity index (χ2v) is 7.22. The van der Waals surface area contributed by atoms with Gasteiger partial charge in [-0.1, -0.05) is 24.3 Å². The first-order valence-corrected chi connectivity index (χ1v) is 9.32. The minimum Gasteiger partial charge on any atom is -0.375 e. The van der Waals surface area contributed by atoms with Gasteiger partial charge in [-0.3, -0.25) is 15.0 Å². The third-order valence-corrected chi connectivity index (χ3v) is 4.73. The molecule has 0 aromatic heterocycles. The molecule has 1 aliphatic heterocycles. The van der Waals surface area contributed by atoms with Crippen LogP contribution in [0.3, 0.4) is 0 Å². The van der Waals surface area contributed by atoms with Crippen molar-refractivity contribution in [2.45, 2.75) is 39.1 Å². The van der Waals surface area contributed by atoms with Crippen LogP contribution in [0.15, 0.2) is 42.5 Å². The van der Waals surface area contributed by atoms with Gasteiger partial charge in [0.15, 0.2) is 0 Å². The van der Waals surface area contributed by atoms with Gasteiger partial charge in [0.1, 0.15) is 5.69 Å².